The van der Waals surface area contributed by atoms with Crippen molar-refractivity contribution in [1.82, 2.24) is 0 Å². The van der Waals surface area contributed by atoms with Crippen LogP contribution in [0.15, 0.2) is 47.4 Å². The van der Waals surface area contributed by atoms with Crippen molar-refractivity contribution < 1.29 is 31.5 Å². The Bertz CT molecular complexity index is 1210. The van der Waals surface area contributed by atoms with E-state index in [1.165, 1.54) is 24.0 Å². The molecular weight excluding hydrogens is 454 g/mol. The molecule has 0 aromatic heterocycles. The average Bonchev–Trinajstić information content (AvgIpc) is 2.70. The predicted octanol–water partition coefficient (Wildman–Crippen LogP) is 4.25. The number of carbonyl (C=O) groups is 2. The molecule has 1 aliphatic carbocycles. The number of halogens is 2. The number of anilines is 2. The van der Waals surface area contributed by atoms with Gasteiger partial charge in [0, 0.05) is 32.6 Å². The van der Waals surface area contributed by atoms with Gasteiger partial charge in [0.2, 0.25) is 5.91 Å². The molecule has 4 rings (SSSR count). The van der Waals surface area contributed by atoms with Gasteiger partial charge in [0.25, 0.3) is 5.92 Å². The molecule has 0 spiro atoms. The molecular formula is C23H24F2N2O5S. The highest BCUT2D eigenvalue weighted by Gasteiger charge is 2.48. The molecule has 0 N–H and O–H groups in total. The third-order valence-electron chi connectivity index (χ3n) is 5.91. The first-order valence-electron chi connectivity index (χ1n) is 10.5. The number of fused-ring (bicyclic) bond motifs is 1. The lowest BCUT2D eigenvalue weighted by Gasteiger charge is -2.42. The number of ether oxygens (including phenoxy) is 1. The van der Waals surface area contributed by atoms with Crippen molar-refractivity contribution in [1.29, 1.82) is 0 Å². The molecule has 2 aromatic rings. The Hall–Kier alpha value is -3.01. The lowest BCUT2D eigenvalue weighted by atomic mass is 9.91. The van der Waals surface area contributed by atoms with Gasteiger partial charge in [-0.25, -0.2) is 22.0 Å². The van der Waals surface area contributed by atoms with E-state index in [9.17, 15) is 26.8 Å². The minimum Gasteiger partial charge on any atom is -0.445 e. The molecule has 1 aliphatic heterocycles. The quantitative estimate of drug-likeness (QED) is 0.659. The predicted molar refractivity (Wildman–Crippen MR) is 119 cm³/mol. The van der Waals surface area contributed by atoms with Gasteiger partial charge in [-0.1, -0.05) is 18.2 Å². The van der Waals surface area contributed by atoms with Gasteiger partial charge in [-0.2, -0.15) is 0 Å². The van der Waals surface area contributed by atoms with Gasteiger partial charge in [0.15, 0.2) is 9.84 Å². The molecule has 2 aliphatic rings. The largest absolute Gasteiger partial charge is 0.445 e. The van der Waals surface area contributed by atoms with E-state index in [-0.39, 0.29) is 23.4 Å². The summed E-state index contributed by atoms with van der Waals surface area (Å²) in [6.07, 6.45) is -1.46. The van der Waals surface area contributed by atoms with E-state index in [0.717, 1.165) is 6.26 Å². The van der Waals surface area contributed by atoms with Gasteiger partial charge in [0.05, 0.1) is 22.3 Å². The maximum Gasteiger partial charge on any atom is 0.414 e. The lowest BCUT2D eigenvalue weighted by Crippen LogP contribution is -2.53. The third kappa shape index (κ3) is 4.57. The van der Waals surface area contributed by atoms with Crippen molar-refractivity contribution in [3.8, 4) is 11.1 Å². The Morgan fingerprint density at radius 3 is 2.18 bits per heavy atom. The molecule has 33 heavy (non-hydrogen) atoms. The Morgan fingerprint density at radius 2 is 1.64 bits per heavy atom. The van der Waals surface area contributed by atoms with Crippen LogP contribution in [0.1, 0.15) is 26.7 Å². The standard InChI is InChI=1S/C23H24F2N2O5S/c1-14-13-26(22(29)32-18-11-23(24,25)12-18)21-10-17(6-9-20(21)27(14)15(2)28)16-4-7-19(8-5-16)33(3,30)31/h4-10,14,18H,11-13H2,1-3H3/t14-/m0/s1. The topological polar surface area (TPSA) is 84.0 Å². The minimum atomic E-state index is -3.34. The van der Waals surface area contributed by atoms with Crippen molar-refractivity contribution in [2.45, 2.75) is 49.7 Å². The Labute approximate surface area is 190 Å². The molecule has 0 radical (unpaired) electrons. The summed E-state index contributed by atoms with van der Waals surface area (Å²) in [5.74, 6) is -3.00. The van der Waals surface area contributed by atoms with Crippen LogP contribution in [0.2, 0.25) is 0 Å². The van der Waals surface area contributed by atoms with Crippen LogP contribution in [0.25, 0.3) is 11.1 Å². The SMILES string of the molecule is CC(=O)N1c2ccc(-c3ccc(S(C)(=O)=O)cc3)cc2N(C(=O)OC2CC(F)(F)C2)C[C@@H]1C. The number of carbonyl (C=O) groups excluding carboxylic acids is 2. The fourth-order valence-electron chi connectivity index (χ4n) is 4.25. The molecule has 1 atom stereocenters. The number of amides is 2. The number of hydrogen-bond donors (Lipinski definition) is 0. The fourth-order valence-corrected chi connectivity index (χ4v) is 4.88. The van der Waals surface area contributed by atoms with Gasteiger partial charge in [-0.3, -0.25) is 9.69 Å². The van der Waals surface area contributed by atoms with Crippen LogP contribution in [-0.4, -0.2) is 51.3 Å². The number of rotatable bonds is 3. The minimum absolute atomic E-state index is 0.144. The van der Waals surface area contributed by atoms with E-state index >= 15 is 0 Å². The van der Waals surface area contributed by atoms with Gasteiger partial charge >= 0.3 is 6.09 Å². The number of nitrogens with zero attached hydrogens (tertiary/aromatic N) is 2. The fraction of sp³-hybridized carbons (Fsp3) is 0.391. The van der Waals surface area contributed by atoms with Crippen molar-refractivity contribution in [2.24, 2.45) is 0 Å². The Morgan fingerprint density at radius 1 is 1.03 bits per heavy atom. The summed E-state index contributed by atoms with van der Waals surface area (Å²) in [6, 6.07) is 11.2. The van der Waals surface area contributed by atoms with Crippen LogP contribution in [0.3, 0.4) is 0 Å². The number of benzene rings is 2. The molecule has 0 unspecified atom stereocenters. The second kappa shape index (κ2) is 8.09. The van der Waals surface area contributed by atoms with E-state index in [1.807, 2.05) is 0 Å². The van der Waals surface area contributed by atoms with E-state index in [4.69, 9.17) is 4.74 Å². The molecule has 10 heteroatoms. The monoisotopic (exact) mass is 478 g/mol. The highest BCUT2D eigenvalue weighted by Crippen LogP contribution is 2.42. The van der Waals surface area contributed by atoms with E-state index in [0.29, 0.717) is 22.5 Å². The third-order valence-corrected chi connectivity index (χ3v) is 7.04. The van der Waals surface area contributed by atoms with Crippen molar-refractivity contribution >= 4 is 33.2 Å². The van der Waals surface area contributed by atoms with Crippen LogP contribution in [0.5, 0.6) is 0 Å². The zero-order valence-electron chi connectivity index (χ0n) is 18.4. The molecule has 0 saturated heterocycles. The number of alkyl halides is 2. The normalized spacial score (nSPS) is 20.1. The molecule has 0 bridgehead atoms. The summed E-state index contributed by atoms with van der Waals surface area (Å²) in [5.41, 5.74) is 2.34. The first-order valence-corrected chi connectivity index (χ1v) is 12.4. The molecule has 176 valence electrons. The summed E-state index contributed by atoms with van der Waals surface area (Å²) < 4.78 is 55.1. The van der Waals surface area contributed by atoms with Crippen LogP contribution in [0, 0.1) is 0 Å². The molecule has 1 fully saturated rings. The molecule has 1 saturated carbocycles. The molecule has 2 aromatic carbocycles. The first-order chi connectivity index (χ1) is 15.4. The summed E-state index contributed by atoms with van der Waals surface area (Å²) in [4.78, 5) is 28.3. The van der Waals surface area contributed by atoms with E-state index < -0.39 is 40.8 Å². The lowest BCUT2D eigenvalue weighted by molar-refractivity contribution is -0.143. The van der Waals surface area contributed by atoms with Crippen molar-refractivity contribution in [3.63, 3.8) is 0 Å². The van der Waals surface area contributed by atoms with Gasteiger partial charge in [-0.05, 0) is 42.3 Å². The van der Waals surface area contributed by atoms with Gasteiger partial charge < -0.3 is 9.64 Å². The van der Waals surface area contributed by atoms with Crippen LogP contribution in [0.4, 0.5) is 25.0 Å². The average molecular weight is 479 g/mol. The van der Waals surface area contributed by atoms with Gasteiger partial charge in [-0.15, -0.1) is 0 Å². The summed E-state index contributed by atoms with van der Waals surface area (Å²) in [6.45, 7) is 3.37. The highest BCUT2D eigenvalue weighted by atomic mass is 32.2. The highest BCUT2D eigenvalue weighted by molar-refractivity contribution is 7.90. The van der Waals surface area contributed by atoms with E-state index in [2.05, 4.69) is 0 Å². The Balaban J connectivity index is 1.69. The molecule has 7 nitrogen and oxygen atoms in total. The second-order valence-corrected chi connectivity index (χ2v) is 10.6. The van der Waals surface area contributed by atoms with E-state index in [1.54, 1.807) is 42.2 Å². The zero-order valence-corrected chi connectivity index (χ0v) is 19.2. The van der Waals surface area contributed by atoms with Crippen molar-refractivity contribution in [2.75, 3.05) is 22.6 Å². The maximum absolute atomic E-state index is 13.2. The maximum atomic E-state index is 13.2. The van der Waals surface area contributed by atoms with Crippen LogP contribution >= 0.6 is 0 Å². The second-order valence-electron chi connectivity index (χ2n) is 8.62. The summed E-state index contributed by atoms with van der Waals surface area (Å²) in [5, 5.41) is 0. The summed E-state index contributed by atoms with van der Waals surface area (Å²) >= 11 is 0. The van der Waals surface area contributed by atoms with Crippen LogP contribution < -0.4 is 9.80 Å². The molecule has 2 amide bonds. The van der Waals surface area contributed by atoms with Crippen LogP contribution in [-0.2, 0) is 19.4 Å². The van der Waals surface area contributed by atoms with Crippen molar-refractivity contribution in [3.05, 3.63) is 42.5 Å². The smallest absolute Gasteiger partial charge is 0.414 e. The zero-order chi connectivity index (χ0) is 24.1. The number of hydrogen-bond acceptors (Lipinski definition) is 5. The number of sulfone groups is 1. The Kier molecular flexibility index (Phi) is 5.68. The summed E-state index contributed by atoms with van der Waals surface area (Å²) in [7, 11) is -3.34. The van der Waals surface area contributed by atoms with Gasteiger partial charge in [0.1, 0.15) is 6.10 Å². The first kappa shape index (κ1) is 23.2. The molecule has 1 heterocycles.